The van der Waals surface area contributed by atoms with Crippen molar-refractivity contribution in [2.24, 2.45) is 11.3 Å². The maximum absolute atomic E-state index is 11.9. The average Bonchev–Trinajstić information content (AvgIpc) is 2.16. The minimum atomic E-state index is 0.161. The summed E-state index contributed by atoms with van der Waals surface area (Å²) >= 11 is 0. The number of amides is 1. The lowest BCUT2D eigenvalue weighted by atomic mass is 9.90. The fourth-order valence-corrected chi connectivity index (χ4v) is 2.09. The molecule has 1 aliphatic heterocycles. The van der Waals surface area contributed by atoms with E-state index in [-0.39, 0.29) is 11.8 Å². The van der Waals surface area contributed by atoms with E-state index < -0.39 is 0 Å². The zero-order valence-electron chi connectivity index (χ0n) is 11.1. The summed E-state index contributed by atoms with van der Waals surface area (Å²) < 4.78 is 0. The minimum absolute atomic E-state index is 0.161. The zero-order valence-corrected chi connectivity index (χ0v) is 11.1. The highest BCUT2D eigenvalue weighted by molar-refractivity contribution is 5.79. The monoisotopic (exact) mass is 226 g/mol. The molecule has 1 fully saturated rings. The van der Waals surface area contributed by atoms with E-state index in [0.29, 0.717) is 11.5 Å². The lowest BCUT2D eigenvalue weighted by Crippen LogP contribution is -2.47. The predicted molar refractivity (Wildman–Crippen MR) is 67.3 cm³/mol. The fourth-order valence-electron chi connectivity index (χ4n) is 2.09. The van der Waals surface area contributed by atoms with Gasteiger partial charge in [0.1, 0.15) is 0 Å². The summed E-state index contributed by atoms with van der Waals surface area (Å²) in [4.78, 5) is 11.9. The third-order valence-electron chi connectivity index (χ3n) is 3.27. The van der Waals surface area contributed by atoms with Crippen molar-refractivity contribution < 1.29 is 4.79 Å². The molecule has 3 heteroatoms. The molecule has 0 spiro atoms. The normalized spacial score (nSPS) is 26.5. The van der Waals surface area contributed by atoms with Gasteiger partial charge in [0, 0.05) is 12.6 Å². The van der Waals surface area contributed by atoms with E-state index >= 15 is 0 Å². The van der Waals surface area contributed by atoms with Crippen molar-refractivity contribution in [3.8, 4) is 0 Å². The van der Waals surface area contributed by atoms with E-state index in [1.807, 2.05) is 0 Å². The average molecular weight is 226 g/mol. The van der Waals surface area contributed by atoms with E-state index in [1.165, 1.54) is 0 Å². The molecule has 2 unspecified atom stereocenters. The molecule has 1 saturated heterocycles. The molecule has 2 N–H and O–H groups in total. The van der Waals surface area contributed by atoms with Crippen LogP contribution in [0.25, 0.3) is 0 Å². The third kappa shape index (κ3) is 4.52. The Hall–Kier alpha value is -0.570. The van der Waals surface area contributed by atoms with Crippen molar-refractivity contribution >= 4 is 5.91 Å². The van der Waals surface area contributed by atoms with Gasteiger partial charge in [0.25, 0.3) is 0 Å². The molecule has 0 bridgehead atoms. The van der Waals surface area contributed by atoms with Crippen LogP contribution in [0, 0.1) is 11.3 Å². The Labute approximate surface area is 99.4 Å². The predicted octanol–water partition coefficient (Wildman–Crippen LogP) is 1.93. The van der Waals surface area contributed by atoms with Gasteiger partial charge in [-0.2, -0.15) is 0 Å². The number of carbonyl (C=O) groups is 1. The van der Waals surface area contributed by atoms with Crippen LogP contribution in [-0.4, -0.2) is 25.0 Å². The van der Waals surface area contributed by atoms with E-state index in [1.54, 1.807) is 0 Å². The first-order valence-corrected chi connectivity index (χ1v) is 6.41. The molecule has 94 valence electrons. The first kappa shape index (κ1) is 13.5. The van der Waals surface area contributed by atoms with Crippen LogP contribution in [0.4, 0.5) is 0 Å². The van der Waals surface area contributed by atoms with Crippen LogP contribution in [0.5, 0.6) is 0 Å². The van der Waals surface area contributed by atoms with Gasteiger partial charge < -0.3 is 10.6 Å². The first-order chi connectivity index (χ1) is 7.40. The lowest BCUT2D eigenvalue weighted by Gasteiger charge is -2.29. The Kier molecular flexibility index (Phi) is 4.78. The summed E-state index contributed by atoms with van der Waals surface area (Å²) in [5.74, 6) is 0.387. The van der Waals surface area contributed by atoms with E-state index in [2.05, 4.69) is 38.3 Å². The summed E-state index contributed by atoms with van der Waals surface area (Å²) in [5, 5.41) is 6.42. The largest absolute Gasteiger partial charge is 0.356 e. The molecule has 2 atom stereocenters. The second-order valence-electron chi connectivity index (χ2n) is 6.09. The molecule has 1 aliphatic rings. The zero-order chi connectivity index (χ0) is 12.2. The van der Waals surface area contributed by atoms with Gasteiger partial charge in [-0.1, -0.05) is 20.8 Å². The van der Waals surface area contributed by atoms with Crippen LogP contribution in [0.15, 0.2) is 0 Å². The second kappa shape index (κ2) is 5.67. The van der Waals surface area contributed by atoms with Crippen molar-refractivity contribution in [2.75, 3.05) is 13.1 Å². The summed E-state index contributed by atoms with van der Waals surface area (Å²) in [7, 11) is 0. The Bertz CT molecular complexity index is 233. The van der Waals surface area contributed by atoms with Gasteiger partial charge in [-0.15, -0.1) is 0 Å². The summed E-state index contributed by atoms with van der Waals surface area (Å²) in [6.45, 7) is 10.5. The molecule has 0 aromatic rings. The third-order valence-corrected chi connectivity index (χ3v) is 3.27. The molecule has 0 saturated carbocycles. The van der Waals surface area contributed by atoms with Gasteiger partial charge in [0.05, 0.1) is 5.92 Å². The van der Waals surface area contributed by atoms with Gasteiger partial charge in [0.2, 0.25) is 5.91 Å². The topological polar surface area (TPSA) is 41.1 Å². The maximum Gasteiger partial charge on any atom is 0.224 e. The number of rotatable bonds is 3. The molecule has 1 amide bonds. The standard InChI is InChI=1S/C13H26N2O/c1-10-11(6-5-8-14-10)12(16)15-9-7-13(2,3)4/h10-11,14H,5-9H2,1-4H3,(H,15,16). The van der Waals surface area contributed by atoms with Gasteiger partial charge in [-0.3, -0.25) is 4.79 Å². The SMILES string of the molecule is CC1NCCCC1C(=O)NCCC(C)(C)C. The molecular weight excluding hydrogens is 200 g/mol. The van der Waals surface area contributed by atoms with Crippen LogP contribution in [0.2, 0.25) is 0 Å². The van der Waals surface area contributed by atoms with Gasteiger partial charge in [-0.25, -0.2) is 0 Å². The number of carbonyl (C=O) groups excluding carboxylic acids is 1. The van der Waals surface area contributed by atoms with Crippen LogP contribution < -0.4 is 10.6 Å². The molecule has 16 heavy (non-hydrogen) atoms. The van der Waals surface area contributed by atoms with Gasteiger partial charge in [0.15, 0.2) is 0 Å². The fraction of sp³-hybridized carbons (Fsp3) is 0.923. The van der Waals surface area contributed by atoms with E-state index in [0.717, 1.165) is 32.4 Å². The number of hydrogen-bond donors (Lipinski definition) is 2. The number of piperidine rings is 1. The maximum atomic E-state index is 11.9. The van der Waals surface area contributed by atoms with Gasteiger partial charge in [-0.05, 0) is 38.1 Å². The first-order valence-electron chi connectivity index (χ1n) is 6.41. The summed E-state index contributed by atoms with van der Waals surface area (Å²) in [6, 6.07) is 0.323. The second-order valence-corrected chi connectivity index (χ2v) is 6.09. The Morgan fingerprint density at radius 3 is 2.69 bits per heavy atom. The molecule has 1 heterocycles. The van der Waals surface area contributed by atoms with Crippen molar-refractivity contribution in [3.63, 3.8) is 0 Å². The number of nitrogens with one attached hydrogen (secondary N) is 2. The molecule has 0 aliphatic carbocycles. The van der Waals surface area contributed by atoms with Crippen LogP contribution in [-0.2, 0) is 4.79 Å². The van der Waals surface area contributed by atoms with E-state index in [9.17, 15) is 4.79 Å². The Balaban J connectivity index is 2.29. The Morgan fingerprint density at radius 1 is 1.44 bits per heavy atom. The van der Waals surface area contributed by atoms with Crippen molar-refractivity contribution in [1.29, 1.82) is 0 Å². The van der Waals surface area contributed by atoms with Gasteiger partial charge >= 0.3 is 0 Å². The molecule has 3 nitrogen and oxygen atoms in total. The molecule has 0 aromatic heterocycles. The highest BCUT2D eigenvalue weighted by Crippen LogP contribution is 2.18. The molecule has 1 rings (SSSR count). The van der Waals surface area contributed by atoms with Crippen LogP contribution >= 0.6 is 0 Å². The lowest BCUT2D eigenvalue weighted by molar-refractivity contribution is -0.126. The highest BCUT2D eigenvalue weighted by Gasteiger charge is 2.27. The quantitative estimate of drug-likeness (QED) is 0.772. The number of hydrogen-bond acceptors (Lipinski definition) is 2. The summed E-state index contributed by atoms with van der Waals surface area (Å²) in [6.07, 6.45) is 3.17. The van der Waals surface area contributed by atoms with E-state index in [4.69, 9.17) is 0 Å². The smallest absolute Gasteiger partial charge is 0.224 e. The van der Waals surface area contributed by atoms with Crippen molar-refractivity contribution in [3.05, 3.63) is 0 Å². The Morgan fingerprint density at radius 2 is 2.12 bits per heavy atom. The minimum Gasteiger partial charge on any atom is -0.356 e. The highest BCUT2D eigenvalue weighted by atomic mass is 16.1. The van der Waals surface area contributed by atoms with Crippen molar-refractivity contribution in [2.45, 2.75) is 53.0 Å². The van der Waals surface area contributed by atoms with Crippen LogP contribution in [0.1, 0.15) is 47.0 Å². The molecule has 0 aromatic carbocycles. The molecular formula is C13H26N2O. The van der Waals surface area contributed by atoms with Crippen molar-refractivity contribution in [1.82, 2.24) is 10.6 Å². The molecule has 0 radical (unpaired) electrons. The summed E-state index contributed by atoms with van der Waals surface area (Å²) in [5.41, 5.74) is 0.295. The van der Waals surface area contributed by atoms with Crippen LogP contribution in [0.3, 0.4) is 0 Å².